The average molecular weight is 321 g/mol. The molecule has 0 unspecified atom stereocenters. The van der Waals surface area contributed by atoms with Gasteiger partial charge in [0.1, 0.15) is 5.69 Å². The molecule has 1 amide bonds. The van der Waals surface area contributed by atoms with Gasteiger partial charge >= 0.3 is 0 Å². The van der Waals surface area contributed by atoms with Crippen LogP contribution >= 0.6 is 11.6 Å². The number of hydrogen-bond donors (Lipinski definition) is 1. The highest BCUT2D eigenvalue weighted by atomic mass is 35.5. The van der Waals surface area contributed by atoms with Crippen molar-refractivity contribution in [3.63, 3.8) is 0 Å². The standard InChI is InChI=1S/C15H17ClN4O2/c1-20-14(12(16)7-18-20)15(21)19-13-9-22-8-11(13)6-10-2-4-17-5-3-10/h2-5,7,11,13H,6,8-9H2,1H3,(H,19,21)/t11-,13+/m1/s1. The largest absolute Gasteiger partial charge is 0.379 e. The van der Waals surface area contributed by atoms with Crippen LogP contribution in [0.1, 0.15) is 16.1 Å². The number of nitrogens with zero attached hydrogens (tertiary/aromatic N) is 3. The molecule has 22 heavy (non-hydrogen) atoms. The van der Waals surface area contributed by atoms with Gasteiger partial charge in [0.05, 0.1) is 30.5 Å². The second-order valence-corrected chi connectivity index (χ2v) is 5.81. The Morgan fingerprint density at radius 3 is 2.91 bits per heavy atom. The lowest BCUT2D eigenvalue weighted by Gasteiger charge is -2.19. The molecular formula is C15H17ClN4O2. The number of carbonyl (C=O) groups is 1. The molecule has 2 aromatic heterocycles. The molecule has 0 aliphatic carbocycles. The summed E-state index contributed by atoms with van der Waals surface area (Å²) < 4.78 is 7.01. The van der Waals surface area contributed by atoms with Crippen molar-refractivity contribution < 1.29 is 9.53 Å². The van der Waals surface area contributed by atoms with Crippen molar-refractivity contribution in [1.29, 1.82) is 0 Å². The Kier molecular flexibility index (Phi) is 4.40. The van der Waals surface area contributed by atoms with Crippen LogP contribution < -0.4 is 5.32 Å². The molecule has 1 saturated heterocycles. The van der Waals surface area contributed by atoms with Crippen LogP contribution in [0.2, 0.25) is 5.02 Å². The first-order valence-corrected chi connectivity index (χ1v) is 7.48. The van der Waals surface area contributed by atoms with E-state index in [0.717, 1.165) is 6.42 Å². The van der Waals surface area contributed by atoms with Gasteiger partial charge in [0.15, 0.2) is 0 Å². The lowest BCUT2D eigenvalue weighted by molar-refractivity contribution is 0.0915. The van der Waals surface area contributed by atoms with E-state index >= 15 is 0 Å². The maximum atomic E-state index is 12.4. The number of nitrogens with one attached hydrogen (secondary N) is 1. The van der Waals surface area contributed by atoms with Crippen LogP contribution in [0.5, 0.6) is 0 Å². The van der Waals surface area contributed by atoms with Crippen molar-refractivity contribution in [3.05, 3.63) is 47.0 Å². The average Bonchev–Trinajstić information content (AvgIpc) is 3.07. The first kappa shape index (κ1) is 15.0. The number of aromatic nitrogens is 3. The zero-order chi connectivity index (χ0) is 15.5. The third-order valence-corrected chi connectivity index (χ3v) is 4.15. The fraction of sp³-hybridized carbons (Fsp3) is 0.400. The lowest BCUT2D eigenvalue weighted by Crippen LogP contribution is -2.41. The van der Waals surface area contributed by atoms with Gasteiger partial charge in [-0.2, -0.15) is 5.10 Å². The molecule has 0 aromatic carbocycles. The van der Waals surface area contributed by atoms with Crippen molar-refractivity contribution in [1.82, 2.24) is 20.1 Å². The molecule has 3 rings (SSSR count). The minimum atomic E-state index is -0.222. The van der Waals surface area contributed by atoms with Crippen LogP contribution in [0.3, 0.4) is 0 Å². The van der Waals surface area contributed by atoms with Crippen LogP contribution in [0.25, 0.3) is 0 Å². The zero-order valence-electron chi connectivity index (χ0n) is 12.2. The Morgan fingerprint density at radius 1 is 1.45 bits per heavy atom. The summed E-state index contributed by atoms with van der Waals surface area (Å²) in [4.78, 5) is 16.4. The first-order chi connectivity index (χ1) is 10.6. The Labute approximate surface area is 133 Å². The number of hydrogen-bond acceptors (Lipinski definition) is 4. The molecule has 116 valence electrons. The normalized spacial score (nSPS) is 21.0. The number of halogens is 1. The molecule has 1 N–H and O–H groups in total. The molecule has 7 heteroatoms. The molecule has 3 heterocycles. The molecule has 1 aliphatic rings. The Balaban J connectivity index is 1.67. The van der Waals surface area contributed by atoms with E-state index in [0.29, 0.717) is 23.9 Å². The third-order valence-electron chi connectivity index (χ3n) is 3.87. The summed E-state index contributed by atoms with van der Waals surface area (Å²) in [5.74, 6) is 0.0126. The third kappa shape index (κ3) is 3.13. The summed E-state index contributed by atoms with van der Waals surface area (Å²) in [6.07, 6.45) is 5.85. The van der Waals surface area contributed by atoms with Gasteiger partial charge in [-0.05, 0) is 24.1 Å². The first-order valence-electron chi connectivity index (χ1n) is 7.10. The Morgan fingerprint density at radius 2 is 2.23 bits per heavy atom. The van der Waals surface area contributed by atoms with Gasteiger partial charge in [-0.3, -0.25) is 14.5 Å². The SMILES string of the molecule is Cn1ncc(Cl)c1C(=O)N[C@H]1COC[C@H]1Cc1ccncc1. The van der Waals surface area contributed by atoms with Crippen LogP contribution in [0.4, 0.5) is 0 Å². The van der Waals surface area contributed by atoms with E-state index < -0.39 is 0 Å². The van der Waals surface area contributed by atoms with Crippen LogP contribution in [0.15, 0.2) is 30.7 Å². The van der Waals surface area contributed by atoms with Crippen molar-refractivity contribution in [2.45, 2.75) is 12.5 Å². The monoisotopic (exact) mass is 320 g/mol. The van der Waals surface area contributed by atoms with Gasteiger partial charge in [0.25, 0.3) is 5.91 Å². The Hall–Kier alpha value is -1.92. The predicted octanol–water partition coefficient (Wildman–Crippen LogP) is 1.46. The molecule has 1 fully saturated rings. The van der Waals surface area contributed by atoms with E-state index in [9.17, 15) is 4.79 Å². The number of ether oxygens (including phenoxy) is 1. The number of aryl methyl sites for hydroxylation is 1. The summed E-state index contributed by atoms with van der Waals surface area (Å²) in [6.45, 7) is 1.14. The van der Waals surface area contributed by atoms with E-state index in [-0.39, 0.29) is 17.9 Å². The van der Waals surface area contributed by atoms with E-state index in [2.05, 4.69) is 15.4 Å². The highest BCUT2D eigenvalue weighted by Crippen LogP contribution is 2.20. The predicted molar refractivity (Wildman–Crippen MR) is 81.7 cm³/mol. The van der Waals surface area contributed by atoms with E-state index in [1.165, 1.54) is 16.4 Å². The van der Waals surface area contributed by atoms with Crippen molar-refractivity contribution in [2.24, 2.45) is 13.0 Å². The maximum Gasteiger partial charge on any atom is 0.271 e. The summed E-state index contributed by atoms with van der Waals surface area (Å²) in [7, 11) is 1.69. The van der Waals surface area contributed by atoms with Gasteiger partial charge in [-0.25, -0.2) is 0 Å². The molecule has 0 radical (unpaired) electrons. The zero-order valence-corrected chi connectivity index (χ0v) is 13.0. The summed E-state index contributed by atoms with van der Waals surface area (Å²) in [5.41, 5.74) is 1.56. The fourth-order valence-corrected chi connectivity index (χ4v) is 2.94. The number of amides is 1. The molecule has 0 spiro atoms. The molecule has 0 saturated carbocycles. The van der Waals surface area contributed by atoms with Crippen LogP contribution in [-0.2, 0) is 18.2 Å². The molecule has 1 aliphatic heterocycles. The highest BCUT2D eigenvalue weighted by Gasteiger charge is 2.31. The number of carbonyl (C=O) groups excluding carboxylic acids is 1. The minimum absolute atomic E-state index is 0.0355. The molecule has 2 aromatic rings. The van der Waals surface area contributed by atoms with E-state index in [1.807, 2.05) is 12.1 Å². The molecular weight excluding hydrogens is 304 g/mol. The summed E-state index contributed by atoms with van der Waals surface area (Å²) in [5, 5.41) is 7.34. The topological polar surface area (TPSA) is 69.0 Å². The van der Waals surface area contributed by atoms with Crippen molar-refractivity contribution >= 4 is 17.5 Å². The minimum Gasteiger partial charge on any atom is -0.379 e. The summed E-state index contributed by atoms with van der Waals surface area (Å²) in [6, 6.07) is 3.93. The maximum absolute atomic E-state index is 12.4. The fourth-order valence-electron chi connectivity index (χ4n) is 2.68. The summed E-state index contributed by atoms with van der Waals surface area (Å²) >= 11 is 6.01. The second kappa shape index (κ2) is 6.46. The number of rotatable bonds is 4. The smallest absolute Gasteiger partial charge is 0.271 e. The molecule has 2 atom stereocenters. The van der Waals surface area contributed by atoms with Gasteiger partial charge in [-0.1, -0.05) is 11.6 Å². The van der Waals surface area contributed by atoms with Gasteiger partial charge in [0.2, 0.25) is 0 Å². The van der Waals surface area contributed by atoms with Crippen LogP contribution in [-0.4, -0.2) is 39.9 Å². The van der Waals surface area contributed by atoms with E-state index in [1.54, 1.807) is 19.4 Å². The lowest BCUT2D eigenvalue weighted by atomic mass is 9.95. The Bertz CT molecular complexity index is 639. The molecule has 6 nitrogen and oxygen atoms in total. The van der Waals surface area contributed by atoms with Gasteiger partial charge < -0.3 is 10.1 Å². The quantitative estimate of drug-likeness (QED) is 0.926. The molecule has 0 bridgehead atoms. The van der Waals surface area contributed by atoms with Crippen molar-refractivity contribution in [3.8, 4) is 0 Å². The van der Waals surface area contributed by atoms with Crippen molar-refractivity contribution in [2.75, 3.05) is 13.2 Å². The van der Waals surface area contributed by atoms with Gasteiger partial charge in [-0.15, -0.1) is 0 Å². The number of pyridine rings is 1. The van der Waals surface area contributed by atoms with E-state index in [4.69, 9.17) is 16.3 Å². The van der Waals surface area contributed by atoms with Gasteiger partial charge in [0, 0.05) is 25.4 Å². The second-order valence-electron chi connectivity index (χ2n) is 5.40. The van der Waals surface area contributed by atoms with Crippen LogP contribution in [0, 0.1) is 5.92 Å². The highest BCUT2D eigenvalue weighted by molar-refractivity contribution is 6.33.